The predicted octanol–water partition coefficient (Wildman–Crippen LogP) is 2.26. The van der Waals surface area contributed by atoms with Gasteiger partial charge in [-0.1, -0.05) is 24.3 Å². The van der Waals surface area contributed by atoms with Crippen LogP contribution in [0.5, 0.6) is 0 Å². The third kappa shape index (κ3) is 2.35. The zero-order valence-corrected chi connectivity index (χ0v) is 6.76. The molecule has 0 aliphatic carbocycles. The van der Waals surface area contributed by atoms with E-state index in [2.05, 4.69) is 6.07 Å². The highest BCUT2D eigenvalue weighted by Crippen LogP contribution is 2.06. The molecule has 0 aliphatic rings. The lowest BCUT2D eigenvalue weighted by atomic mass is 10.1. The highest BCUT2D eigenvalue weighted by Gasteiger charge is 1.94. The lowest BCUT2D eigenvalue weighted by Crippen LogP contribution is -1.89. The Morgan fingerprint density at radius 3 is 2.75 bits per heavy atom. The van der Waals surface area contributed by atoms with Crippen LogP contribution < -0.4 is 0 Å². The zero-order valence-electron chi connectivity index (χ0n) is 6.76. The van der Waals surface area contributed by atoms with Crippen LogP contribution in [0.3, 0.4) is 0 Å². The second-order valence-electron chi connectivity index (χ2n) is 2.59. The fourth-order valence-corrected chi connectivity index (χ4v) is 1.10. The van der Waals surface area contributed by atoms with E-state index >= 15 is 0 Å². The van der Waals surface area contributed by atoms with Crippen molar-refractivity contribution in [2.75, 3.05) is 6.67 Å². The van der Waals surface area contributed by atoms with E-state index in [4.69, 9.17) is 5.26 Å². The summed E-state index contributed by atoms with van der Waals surface area (Å²) in [6.45, 7) is -0.337. The van der Waals surface area contributed by atoms with E-state index in [0.717, 1.165) is 11.1 Å². The summed E-state index contributed by atoms with van der Waals surface area (Å²) in [5.74, 6) is 0. The van der Waals surface area contributed by atoms with Gasteiger partial charge in [-0.15, -0.1) is 0 Å². The number of nitrogens with zero attached hydrogens (tertiary/aromatic N) is 1. The van der Waals surface area contributed by atoms with Gasteiger partial charge in [0.15, 0.2) is 0 Å². The molecular formula is C10H10FN. The molecular weight excluding hydrogens is 153 g/mol. The molecule has 0 amide bonds. The van der Waals surface area contributed by atoms with Crippen molar-refractivity contribution in [2.45, 2.75) is 12.8 Å². The number of aryl methyl sites for hydroxylation is 1. The zero-order chi connectivity index (χ0) is 8.81. The second kappa shape index (κ2) is 4.50. The maximum Gasteiger partial charge on any atom is 0.0934 e. The van der Waals surface area contributed by atoms with E-state index in [0.29, 0.717) is 12.8 Å². The third-order valence-electron chi connectivity index (χ3n) is 1.66. The lowest BCUT2D eigenvalue weighted by molar-refractivity contribution is 0.495. The van der Waals surface area contributed by atoms with E-state index in [9.17, 15) is 4.39 Å². The quantitative estimate of drug-likeness (QED) is 0.670. The van der Waals surface area contributed by atoms with Crippen molar-refractivity contribution in [2.24, 2.45) is 0 Å². The van der Waals surface area contributed by atoms with Crippen LogP contribution in [0.4, 0.5) is 4.39 Å². The van der Waals surface area contributed by atoms with Crippen LogP contribution in [0, 0.1) is 11.3 Å². The van der Waals surface area contributed by atoms with Crippen molar-refractivity contribution in [3.05, 3.63) is 35.4 Å². The molecule has 0 aliphatic heterocycles. The molecule has 1 nitrogen and oxygen atoms in total. The molecule has 0 heterocycles. The number of nitriles is 1. The molecule has 0 atom stereocenters. The van der Waals surface area contributed by atoms with E-state index in [1.54, 1.807) is 0 Å². The number of hydrogen-bond donors (Lipinski definition) is 0. The van der Waals surface area contributed by atoms with Crippen LogP contribution in [-0.2, 0) is 12.8 Å². The number of benzene rings is 1. The Morgan fingerprint density at radius 1 is 1.33 bits per heavy atom. The molecule has 1 rings (SSSR count). The predicted molar refractivity (Wildman–Crippen MR) is 45.4 cm³/mol. The highest BCUT2D eigenvalue weighted by atomic mass is 19.1. The van der Waals surface area contributed by atoms with Gasteiger partial charge in [0.2, 0.25) is 0 Å². The van der Waals surface area contributed by atoms with E-state index in [1.165, 1.54) is 0 Å². The van der Waals surface area contributed by atoms with Gasteiger partial charge in [0.05, 0.1) is 19.2 Å². The van der Waals surface area contributed by atoms with Crippen LogP contribution >= 0.6 is 0 Å². The molecule has 0 radical (unpaired) electrons. The Labute approximate surface area is 71.4 Å². The van der Waals surface area contributed by atoms with E-state index in [1.807, 2.05) is 24.3 Å². The van der Waals surface area contributed by atoms with Crippen molar-refractivity contribution in [3.8, 4) is 6.07 Å². The van der Waals surface area contributed by atoms with E-state index in [-0.39, 0.29) is 6.67 Å². The van der Waals surface area contributed by atoms with Crippen molar-refractivity contribution in [3.63, 3.8) is 0 Å². The van der Waals surface area contributed by atoms with Gasteiger partial charge in [0, 0.05) is 6.42 Å². The first kappa shape index (κ1) is 8.73. The average Bonchev–Trinajstić information content (AvgIpc) is 2.06. The van der Waals surface area contributed by atoms with E-state index < -0.39 is 0 Å². The standard InChI is InChI=1S/C10H10FN/c11-6-4-9-2-1-3-10(8-9)5-7-12/h1-3,8H,4-6H2. The molecule has 0 fully saturated rings. The molecule has 1 aromatic carbocycles. The molecule has 1 aromatic rings. The fourth-order valence-electron chi connectivity index (χ4n) is 1.10. The SMILES string of the molecule is N#CCc1cccc(CCF)c1. The molecule has 0 N–H and O–H groups in total. The van der Waals surface area contributed by atoms with Crippen molar-refractivity contribution >= 4 is 0 Å². The second-order valence-corrected chi connectivity index (χ2v) is 2.59. The van der Waals surface area contributed by atoms with Crippen LogP contribution in [-0.4, -0.2) is 6.67 Å². The maximum atomic E-state index is 11.9. The smallest absolute Gasteiger partial charge is 0.0934 e. The van der Waals surface area contributed by atoms with Gasteiger partial charge in [0.1, 0.15) is 0 Å². The lowest BCUT2D eigenvalue weighted by Gasteiger charge is -1.98. The van der Waals surface area contributed by atoms with Gasteiger partial charge in [-0.05, 0) is 11.1 Å². The van der Waals surface area contributed by atoms with Crippen LogP contribution in [0.1, 0.15) is 11.1 Å². The molecule has 0 saturated carbocycles. The average molecular weight is 163 g/mol. The number of hydrogen-bond acceptors (Lipinski definition) is 1. The summed E-state index contributed by atoms with van der Waals surface area (Å²) in [6.07, 6.45) is 0.847. The normalized spacial score (nSPS) is 9.33. The minimum absolute atomic E-state index is 0.337. The van der Waals surface area contributed by atoms with Gasteiger partial charge < -0.3 is 0 Å². The molecule has 12 heavy (non-hydrogen) atoms. The Morgan fingerprint density at radius 2 is 2.08 bits per heavy atom. The molecule has 2 heteroatoms. The first-order valence-electron chi connectivity index (χ1n) is 3.87. The Hall–Kier alpha value is -1.36. The molecule has 0 unspecified atom stereocenters. The van der Waals surface area contributed by atoms with Gasteiger partial charge >= 0.3 is 0 Å². The largest absolute Gasteiger partial charge is 0.251 e. The monoisotopic (exact) mass is 163 g/mol. The summed E-state index contributed by atoms with van der Waals surface area (Å²) in [6, 6.07) is 9.55. The Balaban J connectivity index is 2.75. The van der Waals surface area contributed by atoms with Crippen molar-refractivity contribution in [1.29, 1.82) is 5.26 Å². The topological polar surface area (TPSA) is 23.8 Å². The van der Waals surface area contributed by atoms with Gasteiger partial charge in [-0.25, -0.2) is 0 Å². The number of alkyl halides is 1. The van der Waals surface area contributed by atoms with Gasteiger partial charge in [-0.3, -0.25) is 4.39 Å². The van der Waals surface area contributed by atoms with Crippen molar-refractivity contribution in [1.82, 2.24) is 0 Å². The van der Waals surface area contributed by atoms with Gasteiger partial charge in [-0.2, -0.15) is 5.26 Å². The molecule has 62 valence electrons. The van der Waals surface area contributed by atoms with Crippen LogP contribution in [0.25, 0.3) is 0 Å². The highest BCUT2D eigenvalue weighted by molar-refractivity contribution is 5.25. The van der Waals surface area contributed by atoms with Crippen LogP contribution in [0.15, 0.2) is 24.3 Å². The summed E-state index contributed by atoms with van der Waals surface area (Å²) < 4.78 is 11.9. The van der Waals surface area contributed by atoms with Crippen molar-refractivity contribution < 1.29 is 4.39 Å². The Kier molecular flexibility index (Phi) is 3.28. The summed E-state index contributed by atoms with van der Waals surface area (Å²) in [4.78, 5) is 0. The fraction of sp³-hybridized carbons (Fsp3) is 0.300. The summed E-state index contributed by atoms with van der Waals surface area (Å²) >= 11 is 0. The Bertz CT molecular complexity index is 288. The molecule has 0 saturated heterocycles. The number of halogens is 1. The minimum atomic E-state index is -0.337. The number of rotatable bonds is 3. The molecule has 0 aromatic heterocycles. The summed E-state index contributed by atoms with van der Waals surface area (Å²) in [7, 11) is 0. The van der Waals surface area contributed by atoms with Crippen LogP contribution in [0.2, 0.25) is 0 Å². The summed E-state index contributed by atoms with van der Waals surface area (Å²) in [5.41, 5.74) is 1.92. The maximum absolute atomic E-state index is 11.9. The minimum Gasteiger partial charge on any atom is -0.251 e. The van der Waals surface area contributed by atoms with Gasteiger partial charge in [0.25, 0.3) is 0 Å². The first-order chi connectivity index (χ1) is 5.86. The molecule has 0 bridgehead atoms. The molecule has 0 spiro atoms. The first-order valence-corrected chi connectivity index (χ1v) is 3.87. The third-order valence-corrected chi connectivity index (χ3v) is 1.66. The summed E-state index contributed by atoms with van der Waals surface area (Å²) in [5, 5.41) is 8.42.